The van der Waals surface area contributed by atoms with Crippen LogP contribution in [0.2, 0.25) is 0 Å². The summed E-state index contributed by atoms with van der Waals surface area (Å²) < 4.78 is 5.73. The number of nitrogens with one attached hydrogen (secondary N) is 1. The van der Waals surface area contributed by atoms with E-state index in [0.29, 0.717) is 12.6 Å². The molecule has 1 atom stereocenters. The third-order valence-corrected chi connectivity index (χ3v) is 4.31. The van der Waals surface area contributed by atoms with Crippen LogP contribution in [0.5, 0.6) is 0 Å². The quantitative estimate of drug-likeness (QED) is 0.758. The molecule has 0 aliphatic carbocycles. The first-order valence-electron chi connectivity index (χ1n) is 8.51. The van der Waals surface area contributed by atoms with Gasteiger partial charge < -0.3 is 10.1 Å². The molecule has 1 aliphatic rings. The Morgan fingerprint density at radius 1 is 0.957 bits per heavy atom. The molecule has 0 saturated carbocycles. The molecule has 3 nitrogen and oxygen atoms in total. The van der Waals surface area contributed by atoms with Gasteiger partial charge in [-0.15, -0.1) is 0 Å². The summed E-state index contributed by atoms with van der Waals surface area (Å²) in [6, 6.07) is 21.7. The molecule has 122 valence electrons. The van der Waals surface area contributed by atoms with Crippen molar-refractivity contribution in [1.82, 2.24) is 10.2 Å². The van der Waals surface area contributed by atoms with Crippen LogP contribution in [0.4, 0.5) is 0 Å². The Kier molecular flexibility index (Phi) is 6.21. The molecule has 0 spiro atoms. The molecule has 23 heavy (non-hydrogen) atoms. The fourth-order valence-corrected chi connectivity index (χ4v) is 3.08. The van der Waals surface area contributed by atoms with Gasteiger partial charge in [0.05, 0.1) is 13.2 Å². The van der Waals surface area contributed by atoms with Crippen LogP contribution in [0.15, 0.2) is 60.7 Å². The van der Waals surface area contributed by atoms with Crippen molar-refractivity contribution in [2.24, 2.45) is 0 Å². The van der Waals surface area contributed by atoms with Crippen molar-refractivity contribution in [2.75, 3.05) is 26.2 Å². The maximum absolute atomic E-state index is 5.73. The van der Waals surface area contributed by atoms with Crippen molar-refractivity contribution in [1.29, 1.82) is 0 Å². The molecule has 1 heterocycles. The molecule has 2 aromatic rings. The predicted molar refractivity (Wildman–Crippen MR) is 94.2 cm³/mol. The molecule has 2 aromatic carbocycles. The molecular weight excluding hydrogens is 284 g/mol. The second-order valence-corrected chi connectivity index (χ2v) is 6.20. The average Bonchev–Trinajstić information content (AvgIpc) is 3.04. The Morgan fingerprint density at radius 3 is 2.39 bits per heavy atom. The van der Waals surface area contributed by atoms with Crippen LogP contribution in [-0.4, -0.2) is 37.2 Å². The highest BCUT2D eigenvalue weighted by Crippen LogP contribution is 2.13. The zero-order chi connectivity index (χ0) is 15.7. The fourth-order valence-electron chi connectivity index (χ4n) is 3.08. The van der Waals surface area contributed by atoms with Gasteiger partial charge in [0, 0.05) is 32.2 Å². The summed E-state index contributed by atoms with van der Waals surface area (Å²) in [5.41, 5.74) is 2.64. The van der Waals surface area contributed by atoms with Crippen molar-refractivity contribution >= 4 is 0 Å². The van der Waals surface area contributed by atoms with E-state index in [-0.39, 0.29) is 0 Å². The first-order chi connectivity index (χ1) is 11.4. The first-order valence-corrected chi connectivity index (χ1v) is 8.51. The Bertz CT molecular complexity index is 558. The highest BCUT2D eigenvalue weighted by Gasteiger charge is 2.21. The molecule has 3 heteroatoms. The van der Waals surface area contributed by atoms with Crippen LogP contribution in [-0.2, 0) is 17.9 Å². The van der Waals surface area contributed by atoms with E-state index in [1.54, 1.807) is 0 Å². The predicted octanol–water partition coefficient (Wildman–Crippen LogP) is 3.07. The van der Waals surface area contributed by atoms with Gasteiger partial charge in [0.2, 0.25) is 0 Å². The van der Waals surface area contributed by atoms with Gasteiger partial charge in [-0.25, -0.2) is 0 Å². The van der Waals surface area contributed by atoms with Gasteiger partial charge in [0.25, 0.3) is 0 Å². The lowest BCUT2D eigenvalue weighted by Gasteiger charge is -2.17. The zero-order valence-corrected chi connectivity index (χ0v) is 13.7. The van der Waals surface area contributed by atoms with Gasteiger partial charge in [-0.1, -0.05) is 60.7 Å². The van der Waals surface area contributed by atoms with E-state index in [2.05, 4.69) is 64.8 Å². The van der Waals surface area contributed by atoms with E-state index < -0.39 is 0 Å². The Hall–Kier alpha value is -1.68. The lowest BCUT2D eigenvalue weighted by atomic mass is 10.2. The summed E-state index contributed by atoms with van der Waals surface area (Å²) >= 11 is 0. The number of likely N-dealkylation sites (tertiary alicyclic amines) is 1. The molecule has 0 radical (unpaired) electrons. The van der Waals surface area contributed by atoms with Crippen LogP contribution in [0, 0.1) is 0 Å². The minimum absolute atomic E-state index is 0.596. The Balaban J connectivity index is 1.28. The van der Waals surface area contributed by atoms with Crippen LogP contribution in [0.3, 0.4) is 0 Å². The van der Waals surface area contributed by atoms with Crippen molar-refractivity contribution < 1.29 is 4.74 Å². The summed E-state index contributed by atoms with van der Waals surface area (Å²) in [4.78, 5) is 2.53. The molecule has 1 N–H and O–H groups in total. The van der Waals surface area contributed by atoms with Crippen molar-refractivity contribution in [3.63, 3.8) is 0 Å². The average molecular weight is 310 g/mol. The van der Waals surface area contributed by atoms with Crippen LogP contribution in [0.25, 0.3) is 0 Å². The lowest BCUT2D eigenvalue weighted by Crippen LogP contribution is -2.34. The third-order valence-electron chi connectivity index (χ3n) is 4.31. The molecule has 1 fully saturated rings. The SMILES string of the molecule is c1ccc(COCCNC2CCN(Cc3ccccc3)C2)cc1. The monoisotopic (exact) mass is 310 g/mol. The maximum atomic E-state index is 5.73. The van der Waals surface area contributed by atoms with E-state index >= 15 is 0 Å². The Labute approximate surface area is 139 Å². The van der Waals surface area contributed by atoms with Gasteiger partial charge in [0.1, 0.15) is 0 Å². The van der Waals surface area contributed by atoms with Gasteiger partial charge in [-0.05, 0) is 17.5 Å². The third kappa shape index (κ3) is 5.47. The van der Waals surface area contributed by atoms with Crippen LogP contribution >= 0.6 is 0 Å². The van der Waals surface area contributed by atoms with E-state index in [1.165, 1.54) is 24.1 Å². The van der Waals surface area contributed by atoms with Crippen LogP contribution in [0.1, 0.15) is 17.5 Å². The summed E-state index contributed by atoms with van der Waals surface area (Å²) in [6.45, 7) is 5.77. The van der Waals surface area contributed by atoms with Gasteiger partial charge in [-0.3, -0.25) is 4.90 Å². The van der Waals surface area contributed by atoms with Gasteiger partial charge in [-0.2, -0.15) is 0 Å². The molecule has 0 aromatic heterocycles. The summed E-state index contributed by atoms with van der Waals surface area (Å²) in [5, 5.41) is 3.62. The van der Waals surface area contributed by atoms with Crippen molar-refractivity contribution in [3.8, 4) is 0 Å². The summed E-state index contributed by atoms with van der Waals surface area (Å²) in [7, 11) is 0. The number of hydrogen-bond donors (Lipinski definition) is 1. The molecule has 1 unspecified atom stereocenters. The molecule has 1 saturated heterocycles. The first kappa shape index (κ1) is 16.2. The van der Waals surface area contributed by atoms with E-state index in [4.69, 9.17) is 4.74 Å². The smallest absolute Gasteiger partial charge is 0.0717 e. The highest BCUT2D eigenvalue weighted by molar-refractivity contribution is 5.15. The number of benzene rings is 2. The Morgan fingerprint density at radius 2 is 1.65 bits per heavy atom. The summed E-state index contributed by atoms with van der Waals surface area (Å²) in [5.74, 6) is 0. The largest absolute Gasteiger partial charge is 0.375 e. The number of hydrogen-bond acceptors (Lipinski definition) is 3. The second kappa shape index (κ2) is 8.82. The van der Waals surface area contributed by atoms with E-state index in [1.807, 2.05) is 6.07 Å². The van der Waals surface area contributed by atoms with E-state index in [9.17, 15) is 0 Å². The topological polar surface area (TPSA) is 24.5 Å². The fraction of sp³-hybridized carbons (Fsp3) is 0.400. The minimum atomic E-state index is 0.596. The van der Waals surface area contributed by atoms with Crippen LogP contribution < -0.4 is 5.32 Å². The summed E-state index contributed by atoms with van der Waals surface area (Å²) in [6.07, 6.45) is 1.23. The normalized spacial score (nSPS) is 18.3. The maximum Gasteiger partial charge on any atom is 0.0717 e. The number of ether oxygens (including phenoxy) is 1. The molecule has 1 aliphatic heterocycles. The number of rotatable bonds is 8. The zero-order valence-electron chi connectivity index (χ0n) is 13.7. The van der Waals surface area contributed by atoms with E-state index in [0.717, 1.165) is 26.2 Å². The molecule has 3 rings (SSSR count). The second-order valence-electron chi connectivity index (χ2n) is 6.20. The van der Waals surface area contributed by atoms with Gasteiger partial charge >= 0.3 is 0 Å². The van der Waals surface area contributed by atoms with Crippen molar-refractivity contribution in [3.05, 3.63) is 71.8 Å². The van der Waals surface area contributed by atoms with Crippen molar-refractivity contribution in [2.45, 2.75) is 25.6 Å². The molecular formula is C20H26N2O. The highest BCUT2D eigenvalue weighted by atomic mass is 16.5. The standard InChI is InChI=1S/C20H26N2O/c1-3-7-18(8-4-1)15-22-13-11-20(16-22)21-12-14-23-17-19-9-5-2-6-10-19/h1-10,20-21H,11-17H2. The molecule has 0 amide bonds. The van der Waals surface area contributed by atoms with Gasteiger partial charge in [0.15, 0.2) is 0 Å². The minimum Gasteiger partial charge on any atom is -0.375 e. The lowest BCUT2D eigenvalue weighted by molar-refractivity contribution is 0.120. The molecule has 0 bridgehead atoms. The number of nitrogens with zero attached hydrogens (tertiary/aromatic N) is 1.